The second-order valence-electron chi connectivity index (χ2n) is 4.27. The minimum Gasteiger partial charge on any atom is -0.370 e. The molecule has 1 aromatic rings. The van der Waals surface area contributed by atoms with E-state index in [1.165, 1.54) is 12.8 Å². The number of nitrogens with zero attached hydrogens (tertiary/aromatic N) is 2. The quantitative estimate of drug-likeness (QED) is 0.738. The Morgan fingerprint density at radius 2 is 2.00 bits per heavy atom. The number of aromatic nitrogens is 2. The summed E-state index contributed by atoms with van der Waals surface area (Å²) in [6.45, 7) is 3.62. The molecule has 0 aromatic carbocycles. The van der Waals surface area contributed by atoms with Gasteiger partial charge in [-0.25, -0.2) is 0 Å². The number of hydrogen-bond donors (Lipinski definition) is 0. The highest BCUT2D eigenvalue weighted by atomic mass is 16.5. The van der Waals surface area contributed by atoms with Gasteiger partial charge in [0.15, 0.2) is 0 Å². The lowest BCUT2D eigenvalue weighted by atomic mass is 9.93. The SMILES string of the molecule is C=Cc1nc(C2(OC)CCCCCC2)no1. The smallest absolute Gasteiger partial charge is 0.250 e. The minimum atomic E-state index is -0.346. The molecule has 0 amide bonds. The maximum absolute atomic E-state index is 5.68. The maximum Gasteiger partial charge on any atom is 0.250 e. The van der Waals surface area contributed by atoms with Crippen LogP contribution in [0.4, 0.5) is 0 Å². The van der Waals surface area contributed by atoms with Crippen molar-refractivity contribution in [2.75, 3.05) is 7.11 Å². The van der Waals surface area contributed by atoms with Crippen LogP contribution >= 0.6 is 0 Å². The molecule has 0 spiro atoms. The summed E-state index contributed by atoms with van der Waals surface area (Å²) in [7, 11) is 1.73. The van der Waals surface area contributed by atoms with E-state index in [1.54, 1.807) is 13.2 Å². The molecular weight excluding hydrogens is 204 g/mol. The van der Waals surface area contributed by atoms with Crippen LogP contribution in [0.5, 0.6) is 0 Å². The Morgan fingerprint density at radius 3 is 2.50 bits per heavy atom. The molecule has 4 nitrogen and oxygen atoms in total. The summed E-state index contributed by atoms with van der Waals surface area (Å²) in [5.41, 5.74) is -0.346. The standard InChI is InChI=1S/C12H18N2O2/c1-3-10-13-11(14-16-10)12(15-2)8-6-4-5-7-9-12/h3H,1,4-9H2,2H3. The van der Waals surface area contributed by atoms with Gasteiger partial charge in [0, 0.05) is 7.11 Å². The molecule has 2 rings (SSSR count). The molecule has 0 bridgehead atoms. The molecule has 1 fully saturated rings. The van der Waals surface area contributed by atoms with Crippen molar-refractivity contribution in [1.29, 1.82) is 0 Å². The molecule has 0 aliphatic heterocycles. The van der Waals surface area contributed by atoms with Gasteiger partial charge in [0.2, 0.25) is 11.7 Å². The van der Waals surface area contributed by atoms with Gasteiger partial charge >= 0.3 is 0 Å². The summed E-state index contributed by atoms with van der Waals surface area (Å²) in [5.74, 6) is 1.14. The fourth-order valence-corrected chi connectivity index (χ4v) is 2.32. The van der Waals surface area contributed by atoms with Gasteiger partial charge in [-0.05, 0) is 18.9 Å². The van der Waals surface area contributed by atoms with Crippen molar-refractivity contribution in [3.63, 3.8) is 0 Å². The molecule has 1 saturated carbocycles. The van der Waals surface area contributed by atoms with E-state index in [0.717, 1.165) is 25.7 Å². The second-order valence-corrected chi connectivity index (χ2v) is 4.27. The van der Waals surface area contributed by atoms with E-state index in [9.17, 15) is 0 Å². The molecule has 1 aliphatic carbocycles. The molecule has 0 radical (unpaired) electrons. The van der Waals surface area contributed by atoms with Crippen LogP contribution in [0.2, 0.25) is 0 Å². The first-order valence-electron chi connectivity index (χ1n) is 5.82. The predicted molar refractivity (Wildman–Crippen MR) is 60.8 cm³/mol. The van der Waals surface area contributed by atoms with E-state index in [4.69, 9.17) is 9.26 Å². The van der Waals surface area contributed by atoms with Crippen molar-refractivity contribution in [2.45, 2.75) is 44.1 Å². The van der Waals surface area contributed by atoms with E-state index in [-0.39, 0.29) is 5.60 Å². The Morgan fingerprint density at radius 1 is 1.31 bits per heavy atom. The zero-order valence-corrected chi connectivity index (χ0v) is 9.74. The molecule has 1 heterocycles. The minimum absolute atomic E-state index is 0.346. The second kappa shape index (κ2) is 4.78. The lowest BCUT2D eigenvalue weighted by Gasteiger charge is -2.27. The monoisotopic (exact) mass is 222 g/mol. The van der Waals surface area contributed by atoms with Gasteiger partial charge in [0.1, 0.15) is 5.60 Å². The Bertz CT molecular complexity index is 352. The first-order chi connectivity index (χ1) is 7.80. The van der Waals surface area contributed by atoms with Gasteiger partial charge in [-0.3, -0.25) is 0 Å². The first-order valence-corrected chi connectivity index (χ1v) is 5.82. The summed E-state index contributed by atoms with van der Waals surface area (Å²) in [6.07, 6.45) is 8.35. The van der Waals surface area contributed by atoms with Crippen LogP contribution in [-0.2, 0) is 10.3 Å². The van der Waals surface area contributed by atoms with Crippen molar-refractivity contribution in [2.24, 2.45) is 0 Å². The van der Waals surface area contributed by atoms with Crippen molar-refractivity contribution >= 4 is 6.08 Å². The summed E-state index contributed by atoms with van der Waals surface area (Å²) in [5, 5.41) is 4.01. The van der Waals surface area contributed by atoms with Crippen molar-refractivity contribution in [3.05, 3.63) is 18.3 Å². The lowest BCUT2D eigenvalue weighted by Crippen LogP contribution is -2.29. The van der Waals surface area contributed by atoms with E-state index in [2.05, 4.69) is 16.7 Å². The van der Waals surface area contributed by atoms with Crippen LogP contribution in [0, 0.1) is 0 Å². The van der Waals surface area contributed by atoms with Crippen molar-refractivity contribution < 1.29 is 9.26 Å². The molecule has 88 valence electrons. The van der Waals surface area contributed by atoms with E-state index >= 15 is 0 Å². The lowest BCUT2D eigenvalue weighted by molar-refractivity contribution is -0.0365. The molecule has 0 N–H and O–H groups in total. The summed E-state index contributed by atoms with van der Waals surface area (Å²) >= 11 is 0. The van der Waals surface area contributed by atoms with Gasteiger partial charge in [-0.15, -0.1) is 0 Å². The Labute approximate surface area is 95.7 Å². The molecule has 0 saturated heterocycles. The van der Waals surface area contributed by atoms with E-state index in [0.29, 0.717) is 11.7 Å². The van der Waals surface area contributed by atoms with Gasteiger partial charge in [-0.2, -0.15) is 4.98 Å². The fraction of sp³-hybridized carbons (Fsp3) is 0.667. The molecule has 1 aliphatic rings. The van der Waals surface area contributed by atoms with Crippen LogP contribution < -0.4 is 0 Å². The topological polar surface area (TPSA) is 48.2 Å². The van der Waals surface area contributed by atoms with E-state index < -0.39 is 0 Å². The third-order valence-electron chi connectivity index (χ3n) is 3.33. The number of methoxy groups -OCH3 is 1. The third-order valence-corrected chi connectivity index (χ3v) is 3.33. The van der Waals surface area contributed by atoms with E-state index in [1.807, 2.05) is 0 Å². The normalized spacial score (nSPS) is 20.3. The zero-order chi connectivity index (χ0) is 11.4. The molecule has 1 aromatic heterocycles. The Hall–Kier alpha value is -1.16. The Kier molecular flexibility index (Phi) is 3.39. The van der Waals surface area contributed by atoms with Crippen LogP contribution in [0.1, 0.15) is 50.2 Å². The number of hydrogen-bond acceptors (Lipinski definition) is 4. The molecule has 4 heteroatoms. The number of ether oxygens (including phenoxy) is 1. The highest BCUT2D eigenvalue weighted by Gasteiger charge is 2.37. The average molecular weight is 222 g/mol. The third kappa shape index (κ3) is 2.02. The summed E-state index contributed by atoms with van der Waals surface area (Å²) in [6, 6.07) is 0. The summed E-state index contributed by atoms with van der Waals surface area (Å²) < 4.78 is 10.8. The summed E-state index contributed by atoms with van der Waals surface area (Å²) in [4.78, 5) is 4.32. The number of rotatable bonds is 3. The van der Waals surface area contributed by atoms with Crippen molar-refractivity contribution in [3.8, 4) is 0 Å². The highest BCUT2D eigenvalue weighted by Crippen LogP contribution is 2.37. The maximum atomic E-state index is 5.68. The Balaban J connectivity index is 2.27. The van der Waals surface area contributed by atoms with Crippen LogP contribution in [0.3, 0.4) is 0 Å². The van der Waals surface area contributed by atoms with Crippen LogP contribution in [-0.4, -0.2) is 17.3 Å². The molecular formula is C12H18N2O2. The van der Waals surface area contributed by atoms with Crippen molar-refractivity contribution in [1.82, 2.24) is 10.1 Å². The predicted octanol–water partition coefficient (Wildman–Crippen LogP) is 2.91. The van der Waals surface area contributed by atoms with Gasteiger partial charge < -0.3 is 9.26 Å². The largest absolute Gasteiger partial charge is 0.370 e. The average Bonchev–Trinajstić information content (AvgIpc) is 2.68. The zero-order valence-electron chi connectivity index (χ0n) is 9.74. The van der Waals surface area contributed by atoms with Gasteiger partial charge in [0.05, 0.1) is 0 Å². The first kappa shape index (κ1) is 11.3. The molecule has 0 atom stereocenters. The van der Waals surface area contributed by atoms with Gasteiger partial charge in [0.25, 0.3) is 0 Å². The van der Waals surface area contributed by atoms with Gasteiger partial charge in [-0.1, -0.05) is 37.4 Å². The van der Waals surface area contributed by atoms with Crippen LogP contribution in [0.25, 0.3) is 6.08 Å². The fourth-order valence-electron chi connectivity index (χ4n) is 2.32. The molecule has 0 unspecified atom stereocenters. The molecule has 16 heavy (non-hydrogen) atoms. The van der Waals surface area contributed by atoms with Crippen LogP contribution in [0.15, 0.2) is 11.1 Å². The highest BCUT2D eigenvalue weighted by molar-refractivity contribution is 5.33.